The first kappa shape index (κ1) is 24.2. The van der Waals surface area contributed by atoms with E-state index in [1.807, 2.05) is 0 Å². The van der Waals surface area contributed by atoms with Crippen LogP contribution >= 0.6 is 0 Å². The van der Waals surface area contributed by atoms with Crippen LogP contribution in [-0.2, 0) is 14.8 Å². The van der Waals surface area contributed by atoms with Gasteiger partial charge in [-0.1, -0.05) is 12.1 Å². The number of sulfonamides is 1. The minimum absolute atomic E-state index is 0.0306. The summed E-state index contributed by atoms with van der Waals surface area (Å²) in [5.41, 5.74) is 1.26. The molecule has 2 fully saturated rings. The van der Waals surface area contributed by atoms with E-state index in [1.54, 1.807) is 29.2 Å². The van der Waals surface area contributed by atoms with Gasteiger partial charge in [0.05, 0.1) is 5.92 Å². The predicted octanol–water partition coefficient (Wildman–Crippen LogP) is 2.88. The Hall–Kier alpha value is -2.98. The molecule has 34 heavy (non-hydrogen) atoms. The van der Waals surface area contributed by atoms with Crippen LogP contribution in [0.3, 0.4) is 0 Å². The molecule has 0 spiro atoms. The number of hydrogen-bond donors (Lipinski definition) is 2. The van der Waals surface area contributed by atoms with Gasteiger partial charge in [0, 0.05) is 43.6 Å². The summed E-state index contributed by atoms with van der Waals surface area (Å²) < 4.78 is 27.8. The summed E-state index contributed by atoms with van der Waals surface area (Å²) in [4.78, 5) is 41.8. The first-order valence-corrected chi connectivity index (χ1v) is 13.1. The lowest BCUT2D eigenvalue weighted by Crippen LogP contribution is -2.43. The Bertz CT molecular complexity index is 1180. The van der Waals surface area contributed by atoms with Crippen LogP contribution in [0.4, 0.5) is 5.69 Å². The largest absolute Gasteiger partial charge is 0.356 e. The van der Waals surface area contributed by atoms with E-state index in [9.17, 15) is 22.8 Å². The van der Waals surface area contributed by atoms with Gasteiger partial charge in [-0.2, -0.15) is 4.31 Å². The van der Waals surface area contributed by atoms with Crippen molar-refractivity contribution < 1.29 is 22.8 Å². The average Bonchev–Trinajstić information content (AvgIpc) is 3.36. The second-order valence-corrected chi connectivity index (χ2v) is 10.9. The Morgan fingerprint density at radius 3 is 2.53 bits per heavy atom. The van der Waals surface area contributed by atoms with Crippen molar-refractivity contribution in [2.45, 2.75) is 43.9 Å². The molecular weight excluding hydrogens is 456 g/mol. The standard InChI is InChI=1S/C24H30N4O5S/c1-17(29)18-7-5-9-20(13-18)26-23(30)19-8-6-12-28(16-19)34(32,33)21-14-22(25-15-21)24(31)27-10-3-2-4-11-27/h5,7,9,13-15,19,25H,2-4,6,8,10-12,16H2,1H3,(H,26,30)/t19-/m0/s1. The van der Waals surface area contributed by atoms with Gasteiger partial charge in [0.25, 0.3) is 5.91 Å². The van der Waals surface area contributed by atoms with Crippen molar-refractivity contribution in [1.29, 1.82) is 0 Å². The number of nitrogens with one attached hydrogen (secondary N) is 2. The van der Waals surface area contributed by atoms with Gasteiger partial charge in [0.2, 0.25) is 15.9 Å². The van der Waals surface area contributed by atoms with E-state index in [2.05, 4.69) is 10.3 Å². The lowest BCUT2D eigenvalue weighted by molar-refractivity contribution is -0.120. The zero-order valence-corrected chi connectivity index (χ0v) is 20.1. The van der Waals surface area contributed by atoms with Gasteiger partial charge in [-0.15, -0.1) is 0 Å². The molecule has 2 N–H and O–H groups in total. The molecule has 2 aliphatic heterocycles. The number of carbonyl (C=O) groups excluding carboxylic acids is 3. The van der Waals surface area contributed by atoms with Crippen LogP contribution < -0.4 is 5.32 Å². The quantitative estimate of drug-likeness (QED) is 0.609. The van der Waals surface area contributed by atoms with Crippen molar-refractivity contribution in [3.05, 3.63) is 47.8 Å². The molecule has 10 heteroatoms. The fourth-order valence-corrected chi connectivity index (χ4v) is 6.02. The van der Waals surface area contributed by atoms with Gasteiger partial charge in [-0.05, 0) is 57.2 Å². The number of hydrogen-bond acceptors (Lipinski definition) is 5. The monoisotopic (exact) mass is 486 g/mol. The van der Waals surface area contributed by atoms with Crippen molar-refractivity contribution in [2.75, 3.05) is 31.5 Å². The van der Waals surface area contributed by atoms with E-state index in [1.165, 1.54) is 23.5 Å². The smallest absolute Gasteiger partial charge is 0.270 e. The summed E-state index contributed by atoms with van der Waals surface area (Å²) in [7, 11) is -3.86. The van der Waals surface area contributed by atoms with E-state index in [4.69, 9.17) is 0 Å². The van der Waals surface area contributed by atoms with Gasteiger partial charge in [0.15, 0.2) is 5.78 Å². The highest BCUT2D eigenvalue weighted by molar-refractivity contribution is 7.89. The van der Waals surface area contributed by atoms with Crippen molar-refractivity contribution in [2.24, 2.45) is 5.92 Å². The molecule has 1 aromatic heterocycles. The molecular formula is C24H30N4O5S. The van der Waals surface area contributed by atoms with Crippen LogP contribution in [-0.4, -0.2) is 66.4 Å². The fraction of sp³-hybridized carbons (Fsp3) is 0.458. The third-order valence-electron chi connectivity index (χ3n) is 6.46. The Kier molecular flexibility index (Phi) is 7.18. The number of ketones is 1. The highest BCUT2D eigenvalue weighted by Crippen LogP contribution is 2.26. The molecule has 4 rings (SSSR count). The lowest BCUT2D eigenvalue weighted by atomic mass is 9.98. The maximum Gasteiger partial charge on any atom is 0.270 e. The molecule has 0 radical (unpaired) electrons. The van der Waals surface area contributed by atoms with Crippen LogP contribution in [0.15, 0.2) is 41.4 Å². The number of carbonyl (C=O) groups is 3. The number of aromatic amines is 1. The predicted molar refractivity (Wildman–Crippen MR) is 127 cm³/mol. The third-order valence-corrected chi connectivity index (χ3v) is 8.30. The van der Waals surface area contributed by atoms with Crippen molar-refractivity contribution in [3.63, 3.8) is 0 Å². The number of H-pyrrole nitrogens is 1. The molecule has 0 bridgehead atoms. The summed E-state index contributed by atoms with van der Waals surface area (Å²) in [5, 5.41) is 2.81. The third kappa shape index (κ3) is 5.23. The number of aromatic nitrogens is 1. The summed E-state index contributed by atoms with van der Waals surface area (Å²) in [6, 6.07) is 8.07. The molecule has 0 aliphatic carbocycles. The van der Waals surface area contributed by atoms with Gasteiger partial charge in [0.1, 0.15) is 10.6 Å². The van der Waals surface area contributed by atoms with Gasteiger partial charge in [-0.25, -0.2) is 8.42 Å². The van der Waals surface area contributed by atoms with E-state index in [-0.39, 0.29) is 34.7 Å². The second kappa shape index (κ2) is 10.1. The Morgan fingerprint density at radius 2 is 1.79 bits per heavy atom. The highest BCUT2D eigenvalue weighted by Gasteiger charge is 2.34. The zero-order chi connectivity index (χ0) is 24.3. The summed E-state index contributed by atoms with van der Waals surface area (Å²) in [6.45, 7) is 3.18. The van der Waals surface area contributed by atoms with E-state index in [0.29, 0.717) is 43.7 Å². The molecule has 0 saturated carbocycles. The fourth-order valence-electron chi connectivity index (χ4n) is 4.50. The Balaban J connectivity index is 1.43. The van der Waals surface area contributed by atoms with Gasteiger partial charge in [-0.3, -0.25) is 14.4 Å². The molecule has 2 aliphatic rings. The van der Waals surface area contributed by atoms with E-state index < -0.39 is 15.9 Å². The molecule has 182 valence electrons. The van der Waals surface area contributed by atoms with E-state index in [0.717, 1.165) is 19.3 Å². The van der Waals surface area contributed by atoms with Gasteiger partial charge >= 0.3 is 0 Å². The van der Waals surface area contributed by atoms with Crippen LogP contribution in [0.2, 0.25) is 0 Å². The Labute approximate surface area is 199 Å². The topological polar surface area (TPSA) is 120 Å². The first-order valence-electron chi connectivity index (χ1n) is 11.7. The van der Waals surface area contributed by atoms with Crippen molar-refractivity contribution in [3.8, 4) is 0 Å². The molecule has 1 aromatic carbocycles. The number of amides is 2. The molecule has 3 heterocycles. The van der Waals surface area contributed by atoms with Crippen molar-refractivity contribution in [1.82, 2.24) is 14.2 Å². The maximum atomic E-state index is 13.3. The normalized spacial score (nSPS) is 19.6. The highest BCUT2D eigenvalue weighted by atomic mass is 32.2. The van der Waals surface area contributed by atoms with Crippen LogP contribution in [0.1, 0.15) is 59.9 Å². The number of benzene rings is 1. The number of piperidine rings is 2. The Morgan fingerprint density at radius 1 is 1.03 bits per heavy atom. The lowest BCUT2D eigenvalue weighted by Gasteiger charge is -2.31. The van der Waals surface area contributed by atoms with Crippen LogP contribution in [0.25, 0.3) is 0 Å². The minimum Gasteiger partial charge on any atom is -0.356 e. The van der Waals surface area contributed by atoms with Crippen molar-refractivity contribution >= 4 is 33.3 Å². The molecule has 2 saturated heterocycles. The summed E-state index contributed by atoms with van der Waals surface area (Å²) in [6.07, 6.45) is 5.47. The number of likely N-dealkylation sites (tertiary alicyclic amines) is 1. The van der Waals surface area contributed by atoms with E-state index >= 15 is 0 Å². The minimum atomic E-state index is -3.86. The van der Waals surface area contributed by atoms with Crippen LogP contribution in [0.5, 0.6) is 0 Å². The number of Topliss-reactive ketones (excluding diaryl/α,β-unsaturated/α-hetero) is 1. The first-order chi connectivity index (χ1) is 16.3. The zero-order valence-electron chi connectivity index (χ0n) is 19.2. The number of rotatable bonds is 6. The number of anilines is 1. The average molecular weight is 487 g/mol. The molecule has 9 nitrogen and oxygen atoms in total. The van der Waals surface area contributed by atoms with Gasteiger partial charge < -0.3 is 15.2 Å². The SMILES string of the molecule is CC(=O)c1cccc(NC(=O)[C@H]2CCCN(S(=O)(=O)c3c[nH]c(C(=O)N4CCCCC4)c3)C2)c1. The van der Waals surface area contributed by atoms with Crippen LogP contribution in [0, 0.1) is 5.92 Å². The summed E-state index contributed by atoms with van der Waals surface area (Å²) in [5.74, 6) is -1.09. The summed E-state index contributed by atoms with van der Waals surface area (Å²) >= 11 is 0. The molecule has 2 amide bonds. The molecule has 2 aromatic rings. The second-order valence-electron chi connectivity index (χ2n) is 8.93. The maximum absolute atomic E-state index is 13.3. The number of nitrogens with zero attached hydrogens (tertiary/aromatic N) is 2. The molecule has 1 atom stereocenters. The molecule has 0 unspecified atom stereocenters.